The third-order valence-corrected chi connectivity index (χ3v) is 3.66. The Morgan fingerprint density at radius 2 is 1.83 bits per heavy atom. The van der Waals surface area contributed by atoms with E-state index in [0.717, 1.165) is 5.56 Å². The van der Waals surface area contributed by atoms with Crippen LogP contribution in [-0.4, -0.2) is 16.8 Å². The van der Waals surface area contributed by atoms with Crippen LogP contribution in [0.2, 0.25) is 5.02 Å². The van der Waals surface area contributed by atoms with E-state index < -0.39 is 11.8 Å². The highest BCUT2D eigenvalue weighted by Crippen LogP contribution is 2.28. The summed E-state index contributed by atoms with van der Waals surface area (Å²) in [5.41, 5.74) is 1.25. The fourth-order valence-corrected chi connectivity index (χ4v) is 2.42. The summed E-state index contributed by atoms with van der Waals surface area (Å²) >= 11 is 6.20. The summed E-state index contributed by atoms with van der Waals surface area (Å²) in [4.78, 5) is 28.0. The number of nitrogens with zero attached hydrogens (tertiary/aromatic N) is 1. The minimum atomic E-state index is -0.740. The molecular formula is C17H18ClN3O2. The molecule has 2 aromatic rings. The molecule has 2 N–H and O–H groups in total. The molecule has 0 spiro atoms. The molecule has 5 nitrogen and oxygen atoms in total. The third kappa shape index (κ3) is 4.53. The first-order valence-electron chi connectivity index (χ1n) is 7.25. The quantitative estimate of drug-likeness (QED) is 0.845. The minimum Gasteiger partial charge on any atom is -0.341 e. The fraction of sp³-hybridized carbons (Fsp3) is 0.235. The van der Waals surface area contributed by atoms with Crippen LogP contribution in [0.1, 0.15) is 25.5 Å². The summed E-state index contributed by atoms with van der Waals surface area (Å²) in [7, 11) is 0. The maximum atomic E-state index is 12.2. The molecule has 6 heteroatoms. The number of amides is 2. The van der Waals surface area contributed by atoms with Gasteiger partial charge in [0, 0.05) is 11.2 Å². The molecule has 1 aromatic heterocycles. The molecular weight excluding hydrogens is 314 g/mol. The van der Waals surface area contributed by atoms with Crippen LogP contribution in [0.5, 0.6) is 0 Å². The lowest BCUT2D eigenvalue weighted by Gasteiger charge is -2.23. The van der Waals surface area contributed by atoms with Gasteiger partial charge in [0.1, 0.15) is 0 Å². The first-order valence-corrected chi connectivity index (χ1v) is 7.63. The van der Waals surface area contributed by atoms with Gasteiger partial charge < -0.3 is 10.6 Å². The Hall–Kier alpha value is -2.40. The van der Waals surface area contributed by atoms with Crippen molar-refractivity contribution in [2.75, 3.05) is 5.32 Å². The molecule has 0 aliphatic heterocycles. The second-order valence-electron chi connectivity index (χ2n) is 5.41. The number of rotatable bonds is 4. The maximum absolute atomic E-state index is 12.2. The van der Waals surface area contributed by atoms with Crippen LogP contribution in [0.15, 0.2) is 48.8 Å². The van der Waals surface area contributed by atoms with Crippen molar-refractivity contribution in [1.82, 2.24) is 10.3 Å². The average molecular weight is 332 g/mol. The highest BCUT2D eigenvalue weighted by Gasteiger charge is 2.24. The van der Waals surface area contributed by atoms with E-state index in [1.165, 1.54) is 6.20 Å². The van der Waals surface area contributed by atoms with E-state index in [4.69, 9.17) is 11.6 Å². The van der Waals surface area contributed by atoms with E-state index in [1.807, 2.05) is 32.0 Å². The van der Waals surface area contributed by atoms with Gasteiger partial charge in [-0.1, -0.05) is 43.6 Å². The number of pyridine rings is 1. The lowest BCUT2D eigenvalue weighted by atomic mass is 9.96. The molecule has 0 aliphatic rings. The molecule has 0 fully saturated rings. The third-order valence-electron chi connectivity index (χ3n) is 3.32. The summed E-state index contributed by atoms with van der Waals surface area (Å²) in [6, 6.07) is 10.2. The molecule has 1 aromatic carbocycles. The molecule has 23 heavy (non-hydrogen) atoms. The largest absolute Gasteiger partial charge is 0.341 e. The first-order chi connectivity index (χ1) is 11.0. The van der Waals surface area contributed by atoms with Gasteiger partial charge in [-0.05, 0) is 29.7 Å². The molecule has 1 heterocycles. The average Bonchev–Trinajstić information content (AvgIpc) is 2.54. The van der Waals surface area contributed by atoms with Crippen LogP contribution < -0.4 is 10.6 Å². The number of halogens is 1. The number of aromatic nitrogens is 1. The van der Waals surface area contributed by atoms with Gasteiger partial charge in [0.25, 0.3) is 0 Å². The SMILES string of the molecule is CC(C)C(NC(=O)C(=O)Nc1cccnc1)c1ccccc1Cl. The Labute approximate surface area is 140 Å². The Bertz CT molecular complexity index is 689. The van der Waals surface area contributed by atoms with Gasteiger partial charge in [0.15, 0.2) is 0 Å². The molecule has 0 saturated heterocycles. The zero-order valence-corrected chi connectivity index (χ0v) is 13.7. The Balaban J connectivity index is 2.09. The summed E-state index contributed by atoms with van der Waals surface area (Å²) < 4.78 is 0. The van der Waals surface area contributed by atoms with E-state index >= 15 is 0 Å². The molecule has 0 bridgehead atoms. The molecule has 1 unspecified atom stereocenters. The predicted molar refractivity (Wildman–Crippen MR) is 90.0 cm³/mol. The van der Waals surface area contributed by atoms with E-state index in [1.54, 1.807) is 24.4 Å². The van der Waals surface area contributed by atoms with Gasteiger partial charge in [0.05, 0.1) is 17.9 Å². The van der Waals surface area contributed by atoms with Crippen molar-refractivity contribution in [2.24, 2.45) is 5.92 Å². The van der Waals surface area contributed by atoms with E-state index in [2.05, 4.69) is 15.6 Å². The van der Waals surface area contributed by atoms with E-state index in [0.29, 0.717) is 10.7 Å². The number of anilines is 1. The molecule has 2 rings (SSSR count). The van der Waals surface area contributed by atoms with Crippen molar-refractivity contribution in [3.63, 3.8) is 0 Å². The van der Waals surface area contributed by atoms with Gasteiger partial charge in [-0.15, -0.1) is 0 Å². The van der Waals surface area contributed by atoms with Gasteiger partial charge in [-0.2, -0.15) is 0 Å². The lowest BCUT2D eigenvalue weighted by molar-refractivity contribution is -0.136. The second kappa shape index (κ2) is 7.74. The van der Waals surface area contributed by atoms with E-state index in [9.17, 15) is 9.59 Å². The first kappa shape index (κ1) is 17.0. The van der Waals surface area contributed by atoms with Crippen LogP contribution in [0.4, 0.5) is 5.69 Å². The normalized spacial score (nSPS) is 11.8. The van der Waals surface area contributed by atoms with Crippen molar-refractivity contribution >= 4 is 29.1 Å². The summed E-state index contributed by atoms with van der Waals surface area (Å²) in [5, 5.41) is 5.80. The molecule has 1 atom stereocenters. The van der Waals surface area contributed by atoms with E-state index in [-0.39, 0.29) is 12.0 Å². The Kier molecular flexibility index (Phi) is 5.71. The number of hydrogen-bond acceptors (Lipinski definition) is 3. The Morgan fingerprint density at radius 3 is 2.43 bits per heavy atom. The van der Waals surface area contributed by atoms with Crippen molar-refractivity contribution in [2.45, 2.75) is 19.9 Å². The highest BCUT2D eigenvalue weighted by molar-refractivity contribution is 6.39. The minimum absolute atomic E-state index is 0.0741. The molecule has 0 saturated carbocycles. The topological polar surface area (TPSA) is 71.1 Å². The number of carbonyl (C=O) groups is 2. The monoisotopic (exact) mass is 331 g/mol. The highest BCUT2D eigenvalue weighted by atomic mass is 35.5. The summed E-state index contributed by atoms with van der Waals surface area (Å²) in [6.07, 6.45) is 3.06. The number of carbonyl (C=O) groups excluding carboxylic acids is 2. The smallest absolute Gasteiger partial charge is 0.313 e. The maximum Gasteiger partial charge on any atom is 0.313 e. The van der Waals surface area contributed by atoms with Gasteiger partial charge in [0.2, 0.25) is 0 Å². The van der Waals surface area contributed by atoms with Crippen molar-refractivity contribution in [3.05, 3.63) is 59.4 Å². The number of benzene rings is 1. The summed E-state index contributed by atoms with van der Waals surface area (Å²) in [5.74, 6) is -1.38. The van der Waals surface area contributed by atoms with Gasteiger partial charge in [-0.25, -0.2) is 0 Å². The zero-order chi connectivity index (χ0) is 16.8. The van der Waals surface area contributed by atoms with Crippen molar-refractivity contribution in [3.8, 4) is 0 Å². The van der Waals surface area contributed by atoms with Crippen LogP contribution >= 0.6 is 11.6 Å². The van der Waals surface area contributed by atoms with Gasteiger partial charge >= 0.3 is 11.8 Å². The number of nitrogens with one attached hydrogen (secondary N) is 2. The second-order valence-corrected chi connectivity index (χ2v) is 5.82. The van der Waals surface area contributed by atoms with Crippen LogP contribution in [0, 0.1) is 5.92 Å². The lowest BCUT2D eigenvalue weighted by Crippen LogP contribution is -2.39. The zero-order valence-electron chi connectivity index (χ0n) is 12.9. The van der Waals surface area contributed by atoms with Crippen molar-refractivity contribution < 1.29 is 9.59 Å². The Morgan fingerprint density at radius 1 is 1.09 bits per heavy atom. The van der Waals surface area contributed by atoms with Crippen LogP contribution in [0.3, 0.4) is 0 Å². The molecule has 0 radical (unpaired) electrons. The van der Waals surface area contributed by atoms with Gasteiger partial charge in [-0.3, -0.25) is 14.6 Å². The standard InChI is InChI=1S/C17H18ClN3O2/c1-11(2)15(13-7-3-4-8-14(13)18)21-17(23)16(22)20-12-6-5-9-19-10-12/h3-11,15H,1-2H3,(H,20,22)(H,21,23). The molecule has 120 valence electrons. The number of hydrogen-bond donors (Lipinski definition) is 2. The van der Waals surface area contributed by atoms with Crippen molar-refractivity contribution in [1.29, 1.82) is 0 Å². The fourth-order valence-electron chi connectivity index (χ4n) is 2.16. The van der Waals surface area contributed by atoms with Crippen LogP contribution in [-0.2, 0) is 9.59 Å². The predicted octanol–water partition coefficient (Wildman–Crippen LogP) is 3.19. The molecule has 2 amide bonds. The van der Waals surface area contributed by atoms with Crippen LogP contribution in [0.25, 0.3) is 0 Å². The summed E-state index contributed by atoms with van der Waals surface area (Å²) in [6.45, 7) is 3.90. The molecule has 0 aliphatic carbocycles.